The van der Waals surface area contributed by atoms with Gasteiger partial charge < -0.3 is 20.3 Å². The van der Waals surface area contributed by atoms with E-state index in [0.29, 0.717) is 0 Å². The van der Waals surface area contributed by atoms with Crippen LogP contribution in [-0.4, -0.2) is 58.7 Å². The fourth-order valence-electron chi connectivity index (χ4n) is 4.69. The standard InChI is InChI=1S/C28H23N3O7/c32-12-11-31-25(33)14-24(26(31)34)29-22-10-9-16(27(35)36)13-23(22)30-28(37)38-15-21-19-7-3-1-5-17(19)18-6-2-4-8-20(18)21/h1-10,13-14,21,29,32H,11-12,15H2,(H,30,37)(H,35,36). The molecule has 2 aliphatic rings. The molecule has 1 heterocycles. The van der Waals surface area contributed by atoms with Gasteiger partial charge in [0.25, 0.3) is 11.8 Å². The number of ether oxygens (including phenoxy) is 1. The molecule has 0 spiro atoms. The van der Waals surface area contributed by atoms with E-state index in [9.17, 15) is 24.3 Å². The van der Waals surface area contributed by atoms with Crippen LogP contribution in [0.5, 0.6) is 0 Å². The molecule has 0 saturated heterocycles. The van der Waals surface area contributed by atoms with E-state index in [1.54, 1.807) is 0 Å². The highest BCUT2D eigenvalue weighted by atomic mass is 16.5. The Morgan fingerprint density at radius 2 is 1.58 bits per heavy atom. The van der Waals surface area contributed by atoms with Crippen molar-refractivity contribution < 1.29 is 34.1 Å². The summed E-state index contributed by atoms with van der Waals surface area (Å²) in [4.78, 5) is 49.8. The summed E-state index contributed by atoms with van der Waals surface area (Å²) in [5.74, 6) is -2.63. The molecule has 0 bridgehead atoms. The minimum atomic E-state index is -1.22. The fraction of sp³-hybridized carbons (Fsp3) is 0.143. The lowest BCUT2D eigenvalue weighted by molar-refractivity contribution is -0.137. The predicted molar refractivity (Wildman–Crippen MR) is 138 cm³/mol. The highest BCUT2D eigenvalue weighted by molar-refractivity contribution is 6.17. The van der Waals surface area contributed by atoms with Crippen LogP contribution in [-0.2, 0) is 14.3 Å². The molecule has 10 heteroatoms. The molecule has 0 atom stereocenters. The van der Waals surface area contributed by atoms with Crippen molar-refractivity contribution in [3.8, 4) is 11.1 Å². The zero-order valence-electron chi connectivity index (χ0n) is 20.0. The van der Waals surface area contributed by atoms with Gasteiger partial charge in [-0.3, -0.25) is 19.8 Å². The molecule has 0 unspecified atom stereocenters. The lowest BCUT2D eigenvalue weighted by atomic mass is 9.98. The molecule has 38 heavy (non-hydrogen) atoms. The molecule has 0 radical (unpaired) electrons. The number of amides is 3. The number of β-amino-alcohol motifs (C(OH)–C–C–N with tert-alkyl or cyclic N) is 1. The third-order valence-corrected chi connectivity index (χ3v) is 6.45. The minimum absolute atomic E-state index is 0.0453. The van der Waals surface area contributed by atoms with Gasteiger partial charge in [-0.05, 0) is 40.5 Å². The molecule has 0 fully saturated rings. The molecule has 1 aliphatic heterocycles. The smallest absolute Gasteiger partial charge is 0.411 e. The average Bonchev–Trinajstić information content (AvgIpc) is 3.37. The average molecular weight is 514 g/mol. The van der Waals surface area contributed by atoms with Crippen molar-refractivity contribution in [3.05, 3.63) is 95.2 Å². The number of carbonyl (C=O) groups is 4. The normalized spacial score (nSPS) is 14.1. The first kappa shape index (κ1) is 24.7. The number of fused-ring (bicyclic) bond motifs is 3. The Morgan fingerprint density at radius 1 is 0.921 bits per heavy atom. The van der Waals surface area contributed by atoms with Gasteiger partial charge >= 0.3 is 12.1 Å². The van der Waals surface area contributed by atoms with Crippen LogP contribution in [0.2, 0.25) is 0 Å². The van der Waals surface area contributed by atoms with E-state index < -0.39 is 23.9 Å². The van der Waals surface area contributed by atoms with Crippen LogP contribution < -0.4 is 10.6 Å². The molecular formula is C28H23N3O7. The van der Waals surface area contributed by atoms with Gasteiger partial charge in [-0.1, -0.05) is 48.5 Å². The van der Waals surface area contributed by atoms with Crippen LogP contribution in [0.15, 0.2) is 78.5 Å². The highest BCUT2D eigenvalue weighted by Gasteiger charge is 2.32. The molecule has 1 aliphatic carbocycles. The summed E-state index contributed by atoms with van der Waals surface area (Å²) in [5, 5.41) is 23.8. The van der Waals surface area contributed by atoms with Crippen molar-refractivity contribution in [3.63, 3.8) is 0 Å². The molecular weight excluding hydrogens is 490 g/mol. The second-order valence-corrected chi connectivity index (χ2v) is 8.72. The number of aromatic carboxylic acids is 1. The lowest BCUT2D eigenvalue weighted by Crippen LogP contribution is -2.34. The summed E-state index contributed by atoms with van der Waals surface area (Å²) < 4.78 is 5.56. The highest BCUT2D eigenvalue weighted by Crippen LogP contribution is 2.44. The predicted octanol–water partition coefficient (Wildman–Crippen LogP) is 3.40. The van der Waals surface area contributed by atoms with Gasteiger partial charge in [0.05, 0.1) is 30.1 Å². The van der Waals surface area contributed by atoms with E-state index in [4.69, 9.17) is 9.84 Å². The number of anilines is 2. The Bertz CT molecular complexity index is 1450. The zero-order chi connectivity index (χ0) is 26.8. The third kappa shape index (κ3) is 4.60. The molecule has 0 aromatic heterocycles. The maximum absolute atomic E-state index is 12.8. The second-order valence-electron chi connectivity index (χ2n) is 8.72. The molecule has 3 amide bonds. The zero-order valence-corrected chi connectivity index (χ0v) is 20.0. The number of aliphatic hydroxyl groups is 1. The summed E-state index contributed by atoms with van der Waals surface area (Å²) in [6.45, 7) is -0.502. The van der Waals surface area contributed by atoms with Crippen LogP contribution >= 0.6 is 0 Å². The van der Waals surface area contributed by atoms with Crippen molar-refractivity contribution in [1.82, 2.24) is 4.90 Å². The topological polar surface area (TPSA) is 145 Å². The number of nitrogens with one attached hydrogen (secondary N) is 2. The number of carbonyl (C=O) groups excluding carboxylic acids is 3. The van der Waals surface area contributed by atoms with Gasteiger partial charge in [0.2, 0.25) is 0 Å². The number of benzene rings is 3. The Balaban J connectivity index is 1.34. The van der Waals surface area contributed by atoms with Crippen molar-refractivity contribution in [2.24, 2.45) is 0 Å². The number of hydrogen-bond acceptors (Lipinski definition) is 7. The van der Waals surface area contributed by atoms with Crippen LogP contribution in [0, 0.1) is 0 Å². The third-order valence-electron chi connectivity index (χ3n) is 6.45. The summed E-state index contributed by atoms with van der Waals surface area (Å²) in [7, 11) is 0. The van der Waals surface area contributed by atoms with Gasteiger partial charge in [-0.15, -0.1) is 0 Å². The van der Waals surface area contributed by atoms with Gasteiger partial charge in [0, 0.05) is 12.0 Å². The van der Waals surface area contributed by atoms with Crippen LogP contribution in [0.3, 0.4) is 0 Å². The number of hydrogen-bond donors (Lipinski definition) is 4. The summed E-state index contributed by atoms with van der Waals surface area (Å²) in [6, 6.07) is 19.7. The maximum atomic E-state index is 12.8. The SMILES string of the molecule is O=C(Nc1cc(C(=O)O)ccc1NC1=CC(=O)N(CCO)C1=O)OCC1c2ccccc2-c2ccccc21. The number of aliphatic hydroxyl groups excluding tert-OH is 1. The fourth-order valence-corrected chi connectivity index (χ4v) is 4.69. The Labute approximate surface area is 217 Å². The van der Waals surface area contributed by atoms with Gasteiger partial charge in [0.1, 0.15) is 12.3 Å². The maximum Gasteiger partial charge on any atom is 0.411 e. The molecule has 5 rings (SSSR count). The molecule has 10 nitrogen and oxygen atoms in total. The number of imide groups is 1. The number of rotatable bonds is 8. The van der Waals surface area contributed by atoms with Gasteiger partial charge in [-0.2, -0.15) is 0 Å². The van der Waals surface area contributed by atoms with E-state index >= 15 is 0 Å². The summed E-state index contributed by atoms with van der Waals surface area (Å²) >= 11 is 0. The van der Waals surface area contributed by atoms with Crippen molar-refractivity contribution >= 4 is 35.3 Å². The van der Waals surface area contributed by atoms with E-state index in [1.807, 2.05) is 48.5 Å². The molecule has 192 valence electrons. The largest absolute Gasteiger partial charge is 0.478 e. The summed E-state index contributed by atoms with van der Waals surface area (Å²) in [5.41, 5.74) is 4.29. The monoisotopic (exact) mass is 513 g/mol. The van der Waals surface area contributed by atoms with Crippen LogP contribution in [0.4, 0.5) is 16.2 Å². The lowest BCUT2D eigenvalue weighted by Gasteiger charge is -2.17. The molecule has 0 saturated carbocycles. The van der Waals surface area contributed by atoms with Gasteiger partial charge in [0.15, 0.2) is 0 Å². The first-order chi connectivity index (χ1) is 18.4. The Hall–Kier alpha value is -4.96. The number of carboxylic acids is 1. The quantitative estimate of drug-likeness (QED) is 0.336. The van der Waals surface area contributed by atoms with E-state index in [2.05, 4.69) is 10.6 Å². The van der Waals surface area contributed by atoms with Crippen LogP contribution in [0.1, 0.15) is 27.4 Å². The first-order valence-electron chi connectivity index (χ1n) is 11.8. The molecule has 3 aromatic rings. The minimum Gasteiger partial charge on any atom is -0.478 e. The van der Waals surface area contributed by atoms with Gasteiger partial charge in [-0.25, -0.2) is 9.59 Å². The van der Waals surface area contributed by atoms with E-state index in [-0.39, 0.29) is 48.3 Å². The Morgan fingerprint density at radius 3 is 2.21 bits per heavy atom. The van der Waals surface area contributed by atoms with E-state index in [1.165, 1.54) is 18.2 Å². The first-order valence-corrected chi connectivity index (χ1v) is 11.8. The molecule has 4 N–H and O–H groups in total. The van der Waals surface area contributed by atoms with Crippen molar-refractivity contribution in [1.29, 1.82) is 0 Å². The van der Waals surface area contributed by atoms with Crippen molar-refractivity contribution in [2.75, 3.05) is 30.4 Å². The second kappa shape index (κ2) is 10.2. The Kier molecular flexibility index (Phi) is 6.63. The van der Waals surface area contributed by atoms with Crippen molar-refractivity contribution in [2.45, 2.75) is 5.92 Å². The van der Waals surface area contributed by atoms with Crippen LogP contribution in [0.25, 0.3) is 11.1 Å². The summed E-state index contributed by atoms with van der Waals surface area (Å²) in [6.07, 6.45) is 0.252. The van der Waals surface area contributed by atoms with E-state index in [0.717, 1.165) is 33.2 Å². The molecule has 3 aromatic carbocycles. The number of nitrogens with zero attached hydrogens (tertiary/aromatic N) is 1. The number of carboxylic acid groups (broad SMARTS) is 1.